The molecule has 96 valence electrons. The molecule has 1 rings (SSSR count). The van der Waals surface area contributed by atoms with Crippen molar-refractivity contribution in [3.8, 4) is 0 Å². The SMILES string of the molecule is CC(C)C(C)NC(=O)CC1COCCN1.Cl. The fourth-order valence-corrected chi connectivity index (χ4v) is 1.45. The molecule has 0 spiro atoms. The van der Waals surface area contributed by atoms with Gasteiger partial charge in [0.2, 0.25) is 5.91 Å². The number of amides is 1. The number of nitrogens with one attached hydrogen (secondary N) is 2. The van der Waals surface area contributed by atoms with Crippen LogP contribution in [0.15, 0.2) is 0 Å². The van der Waals surface area contributed by atoms with E-state index in [1.165, 1.54) is 0 Å². The van der Waals surface area contributed by atoms with Crippen LogP contribution in [-0.2, 0) is 9.53 Å². The lowest BCUT2D eigenvalue weighted by molar-refractivity contribution is -0.123. The molecule has 0 aromatic heterocycles. The number of ether oxygens (including phenoxy) is 1. The molecule has 2 N–H and O–H groups in total. The van der Waals surface area contributed by atoms with Crippen molar-refractivity contribution < 1.29 is 9.53 Å². The molecular weight excluding hydrogens is 228 g/mol. The largest absolute Gasteiger partial charge is 0.378 e. The highest BCUT2D eigenvalue weighted by Gasteiger charge is 2.18. The first-order chi connectivity index (χ1) is 7.09. The van der Waals surface area contributed by atoms with Crippen molar-refractivity contribution in [2.45, 2.75) is 39.3 Å². The van der Waals surface area contributed by atoms with Gasteiger partial charge in [-0.3, -0.25) is 4.79 Å². The van der Waals surface area contributed by atoms with E-state index in [-0.39, 0.29) is 30.4 Å². The molecule has 1 saturated heterocycles. The molecule has 16 heavy (non-hydrogen) atoms. The number of rotatable bonds is 4. The number of halogens is 1. The van der Waals surface area contributed by atoms with Crippen molar-refractivity contribution in [1.29, 1.82) is 0 Å². The lowest BCUT2D eigenvalue weighted by atomic mass is 10.1. The van der Waals surface area contributed by atoms with Crippen LogP contribution in [-0.4, -0.2) is 37.7 Å². The smallest absolute Gasteiger partial charge is 0.221 e. The van der Waals surface area contributed by atoms with Crippen LogP contribution in [0.2, 0.25) is 0 Å². The number of hydrogen-bond acceptors (Lipinski definition) is 3. The normalized spacial score (nSPS) is 22.4. The summed E-state index contributed by atoms with van der Waals surface area (Å²) in [6.07, 6.45) is 0.511. The Morgan fingerprint density at radius 1 is 1.50 bits per heavy atom. The second kappa shape index (κ2) is 7.87. The number of carbonyl (C=O) groups excluding carboxylic acids is 1. The number of morpholine rings is 1. The first kappa shape index (κ1) is 15.7. The maximum Gasteiger partial charge on any atom is 0.221 e. The molecule has 0 aliphatic carbocycles. The fourth-order valence-electron chi connectivity index (χ4n) is 1.45. The summed E-state index contributed by atoms with van der Waals surface area (Å²) in [4.78, 5) is 11.6. The van der Waals surface area contributed by atoms with Gasteiger partial charge in [-0.2, -0.15) is 0 Å². The zero-order valence-corrected chi connectivity index (χ0v) is 11.1. The molecule has 1 aliphatic rings. The average molecular weight is 251 g/mol. The monoisotopic (exact) mass is 250 g/mol. The molecule has 0 aromatic rings. The lowest BCUT2D eigenvalue weighted by Gasteiger charge is -2.24. The van der Waals surface area contributed by atoms with Crippen molar-refractivity contribution in [3.05, 3.63) is 0 Å². The fraction of sp³-hybridized carbons (Fsp3) is 0.909. The average Bonchev–Trinajstić information content (AvgIpc) is 2.18. The van der Waals surface area contributed by atoms with E-state index in [1.54, 1.807) is 0 Å². The van der Waals surface area contributed by atoms with Crippen molar-refractivity contribution in [3.63, 3.8) is 0 Å². The van der Waals surface area contributed by atoms with Crippen molar-refractivity contribution in [2.75, 3.05) is 19.8 Å². The van der Waals surface area contributed by atoms with Gasteiger partial charge >= 0.3 is 0 Å². The Morgan fingerprint density at radius 2 is 2.19 bits per heavy atom. The molecule has 2 unspecified atom stereocenters. The third-order valence-corrected chi connectivity index (χ3v) is 2.82. The minimum atomic E-state index is 0. The summed E-state index contributed by atoms with van der Waals surface area (Å²) in [5.41, 5.74) is 0. The Kier molecular flexibility index (Phi) is 7.72. The summed E-state index contributed by atoms with van der Waals surface area (Å²) >= 11 is 0. The van der Waals surface area contributed by atoms with E-state index >= 15 is 0 Å². The molecule has 2 atom stereocenters. The van der Waals surface area contributed by atoms with Gasteiger partial charge in [0.1, 0.15) is 0 Å². The van der Waals surface area contributed by atoms with Crippen LogP contribution in [0.5, 0.6) is 0 Å². The molecule has 1 amide bonds. The van der Waals surface area contributed by atoms with Crippen LogP contribution in [0, 0.1) is 5.92 Å². The summed E-state index contributed by atoms with van der Waals surface area (Å²) in [5.74, 6) is 0.587. The molecule has 0 radical (unpaired) electrons. The maximum absolute atomic E-state index is 11.6. The third-order valence-electron chi connectivity index (χ3n) is 2.82. The van der Waals surface area contributed by atoms with E-state index in [9.17, 15) is 4.79 Å². The molecular formula is C11H23ClN2O2. The predicted octanol–water partition coefficient (Wildman–Crippen LogP) is 0.947. The van der Waals surface area contributed by atoms with Gasteiger partial charge in [0.25, 0.3) is 0 Å². The van der Waals surface area contributed by atoms with E-state index in [2.05, 4.69) is 24.5 Å². The molecule has 0 bridgehead atoms. The van der Waals surface area contributed by atoms with Crippen LogP contribution < -0.4 is 10.6 Å². The van der Waals surface area contributed by atoms with Crippen molar-refractivity contribution >= 4 is 18.3 Å². The van der Waals surface area contributed by atoms with Crippen LogP contribution in [0.25, 0.3) is 0 Å². The number of hydrogen-bond donors (Lipinski definition) is 2. The minimum Gasteiger partial charge on any atom is -0.378 e. The highest BCUT2D eigenvalue weighted by Crippen LogP contribution is 2.02. The molecule has 1 fully saturated rings. The highest BCUT2D eigenvalue weighted by atomic mass is 35.5. The van der Waals surface area contributed by atoms with Gasteiger partial charge < -0.3 is 15.4 Å². The second-order valence-electron chi connectivity index (χ2n) is 4.53. The van der Waals surface area contributed by atoms with E-state index in [4.69, 9.17) is 4.74 Å². The molecule has 1 heterocycles. The Balaban J connectivity index is 0.00000225. The second-order valence-corrected chi connectivity index (χ2v) is 4.53. The van der Waals surface area contributed by atoms with E-state index < -0.39 is 0 Å². The Hall–Kier alpha value is -0.320. The van der Waals surface area contributed by atoms with Gasteiger partial charge in [0.15, 0.2) is 0 Å². The van der Waals surface area contributed by atoms with Crippen molar-refractivity contribution in [1.82, 2.24) is 10.6 Å². The first-order valence-electron chi connectivity index (χ1n) is 5.70. The molecule has 4 nitrogen and oxygen atoms in total. The standard InChI is InChI=1S/C11H22N2O2.ClH/c1-8(2)9(3)13-11(14)6-10-7-15-5-4-12-10;/h8-10,12H,4-7H2,1-3H3,(H,13,14);1H. The summed E-state index contributed by atoms with van der Waals surface area (Å²) in [5, 5.41) is 6.26. The summed E-state index contributed by atoms with van der Waals surface area (Å²) in [6, 6.07) is 0.417. The number of carbonyl (C=O) groups is 1. The van der Waals surface area contributed by atoms with Crippen LogP contribution >= 0.6 is 12.4 Å². The van der Waals surface area contributed by atoms with Crippen LogP contribution in [0.3, 0.4) is 0 Å². The van der Waals surface area contributed by atoms with Gasteiger partial charge in [-0.15, -0.1) is 12.4 Å². The summed E-state index contributed by atoms with van der Waals surface area (Å²) < 4.78 is 5.29. The van der Waals surface area contributed by atoms with Gasteiger partial charge in [0.05, 0.1) is 13.2 Å². The lowest BCUT2D eigenvalue weighted by Crippen LogP contribution is -2.46. The topological polar surface area (TPSA) is 50.4 Å². The molecule has 5 heteroatoms. The predicted molar refractivity (Wildman–Crippen MR) is 66.9 cm³/mol. The molecule has 1 aliphatic heterocycles. The summed E-state index contributed by atoms with van der Waals surface area (Å²) in [6.45, 7) is 8.48. The molecule has 0 aromatic carbocycles. The Labute approximate surface area is 104 Å². The maximum atomic E-state index is 11.6. The first-order valence-corrected chi connectivity index (χ1v) is 5.70. The Bertz CT molecular complexity index is 206. The van der Waals surface area contributed by atoms with Gasteiger partial charge in [-0.1, -0.05) is 13.8 Å². The van der Waals surface area contributed by atoms with Crippen LogP contribution in [0.1, 0.15) is 27.2 Å². The van der Waals surface area contributed by atoms with Crippen LogP contribution in [0.4, 0.5) is 0 Å². The Morgan fingerprint density at radius 3 is 2.69 bits per heavy atom. The quantitative estimate of drug-likeness (QED) is 0.781. The minimum absolute atomic E-state index is 0. The molecule has 0 saturated carbocycles. The van der Waals surface area contributed by atoms with Gasteiger partial charge in [-0.05, 0) is 12.8 Å². The van der Waals surface area contributed by atoms with E-state index in [0.29, 0.717) is 18.9 Å². The highest BCUT2D eigenvalue weighted by molar-refractivity contribution is 5.85. The zero-order valence-electron chi connectivity index (χ0n) is 10.3. The third kappa shape index (κ3) is 5.68. The zero-order chi connectivity index (χ0) is 11.3. The van der Waals surface area contributed by atoms with E-state index in [1.807, 2.05) is 6.92 Å². The van der Waals surface area contributed by atoms with Gasteiger partial charge in [0, 0.05) is 25.0 Å². The van der Waals surface area contributed by atoms with Gasteiger partial charge in [-0.25, -0.2) is 0 Å². The van der Waals surface area contributed by atoms with E-state index in [0.717, 1.165) is 13.2 Å². The van der Waals surface area contributed by atoms with Crippen molar-refractivity contribution in [2.24, 2.45) is 5.92 Å². The summed E-state index contributed by atoms with van der Waals surface area (Å²) in [7, 11) is 0.